The Kier molecular flexibility index (Phi) is 6.97. The van der Waals surface area contributed by atoms with Gasteiger partial charge in [-0.2, -0.15) is 0 Å². The number of carbonyl (C=O) groups is 1. The highest BCUT2D eigenvalue weighted by atomic mass is 35.5. The topological polar surface area (TPSA) is 98.3 Å². The zero-order chi connectivity index (χ0) is 15.0. The van der Waals surface area contributed by atoms with Gasteiger partial charge in [-0.05, 0) is 31.5 Å². The van der Waals surface area contributed by atoms with Crippen molar-refractivity contribution in [2.45, 2.75) is 32.1 Å². The minimum Gasteiger partial charge on any atom is -0.330 e. The fourth-order valence-electron chi connectivity index (χ4n) is 1.76. The van der Waals surface area contributed by atoms with E-state index in [9.17, 15) is 14.9 Å². The van der Waals surface area contributed by atoms with Crippen LogP contribution in [0, 0.1) is 10.1 Å². The highest BCUT2D eigenvalue weighted by Crippen LogP contribution is 2.27. The first-order chi connectivity index (χ1) is 9.54. The fourth-order valence-corrected chi connectivity index (χ4v) is 1.92. The van der Waals surface area contributed by atoms with Gasteiger partial charge in [-0.3, -0.25) is 14.9 Å². The summed E-state index contributed by atoms with van der Waals surface area (Å²) in [4.78, 5) is 22.0. The predicted molar refractivity (Wildman–Crippen MR) is 78.9 cm³/mol. The van der Waals surface area contributed by atoms with Gasteiger partial charge < -0.3 is 11.1 Å². The van der Waals surface area contributed by atoms with E-state index in [4.69, 9.17) is 17.3 Å². The van der Waals surface area contributed by atoms with Crippen LogP contribution < -0.4 is 11.1 Å². The van der Waals surface area contributed by atoms with E-state index in [-0.39, 0.29) is 22.3 Å². The van der Waals surface area contributed by atoms with Crippen LogP contribution in [0.15, 0.2) is 18.2 Å². The number of halogens is 1. The number of nitro groups is 1. The second-order valence-electron chi connectivity index (χ2n) is 4.42. The summed E-state index contributed by atoms with van der Waals surface area (Å²) in [5.74, 6) is -0.233. The van der Waals surface area contributed by atoms with E-state index in [1.54, 1.807) is 0 Å². The number of anilines is 1. The van der Waals surface area contributed by atoms with Crippen LogP contribution in [0.3, 0.4) is 0 Å². The van der Waals surface area contributed by atoms with Crippen molar-refractivity contribution in [1.29, 1.82) is 0 Å². The third-order valence-corrected chi connectivity index (χ3v) is 3.02. The number of hydrogen-bond acceptors (Lipinski definition) is 4. The smallest absolute Gasteiger partial charge is 0.294 e. The van der Waals surface area contributed by atoms with Crippen molar-refractivity contribution in [3.05, 3.63) is 33.3 Å². The molecule has 0 bridgehead atoms. The largest absolute Gasteiger partial charge is 0.330 e. The Labute approximate surface area is 122 Å². The van der Waals surface area contributed by atoms with Crippen molar-refractivity contribution in [3.8, 4) is 0 Å². The molecule has 1 amide bonds. The standard InChI is InChI=1S/C13H18ClN3O3/c14-10-6-7-11(12(9-10)17(19)20)16-13(18)5-3-1-2-4-8-15/h6-7,9H,1-5,8,15H2,(H,16,18). The van der Waals surface area contributed by atoms with E-state index in [0.717, 1.165) is 25.7 Å². The molecule has 0 fully saturated rings. The molecule has 20 heavy (non-hydrogen) atoms. The summed E-state index contributed by atoms with van der Waals surface area (Å²) in [6.07, 6.45) is 3.94. The molecule has 0 saturated carbocycles. The molecule has 0 radical (unpaired) electrons. The molecule has 0 heterocycles. The van der Waals surface area contributed by atoms with E-state index < -0.39 is 4.92 Å². The Bertz CT molecular complexity index is 480. The zero-order valence-corrected chi connectivity index (χ0v) is 11.9. The summed E-state index contributed by atoms with van der Waals surface area (Å²) >= 11 is 5.70. The molecular formula is C13H18ClN3O3. The third-order valence-electron chi connectivity index (χ3n) is 2.79. The normalized spacial score (nSPS) is 10.3. The number of nitro benzene ring substituents is 1. The number of benzene rings is 1. The van der Waals surface area contributed by atoms with Crippen LogP contribution in [0.2, 0.25) is 5.02 Å². The number of unbranched alkanes of at least 4 members (excludes halogenated alkanes) is 3. The summed E-state index contributed by atoms with van der Waals surface area (Å²) in [5, 5.41) is 13.7. The van der Waals surface area contributed by atoms with Gasteiger partial charge in [0.05, 0.1) is 4.92 Å². The lowest BCUT2D eigenvalue weighted by atomic mass is 10.1. The van der Waals surface area contributed by atoms with Gasteiger partial charge in [0.1, 0.15) is 5.69 Å². The molecule has 7 heteroatoms. The van der Waals surface area contributed by atoms with E-state index in [1.807, 2.05) is 0 Å². The fraction of sp³-hybridized carbons (Fsp3) is 0.462. The Morgan fingerprint density at radius 3 is 2.65 bits per heavy atom. The second kappa shape index (κ2) is 8.50. The molecule has 0 aromatic heterocycles. The van der Waals surface area contributed by atoms with E-state index in [0.29, 0.717) is 13.0 Å². The molecule has 0 unspecified atom stereocenters. The van der Waals surface area contributed by atoms with Crippen LogP contribution in [0.1, 0.15) is 32.1 Å². The van der Waals surface area contributed by atoms with Crippen LogP contribution in [0.25, 0.3) is 0 Å². The molecule has 3 N–H and O–H groups in total. The van der Waals surface area contributed by atoms with Gasteiger partial charge in [-0.15, -0.1) is 0 Å². The van der Waals surface area contributed by atoms with Crippen molar-refractivity contribution in [2.75, 3.05) is 11.9 Å². The van der Waals surface area contributed by atoms with Crippen LogP contribution in [0.5, 0.6) is 0 Å². The number of rotatable bonds is 8. The lowest BCUT2D eigenvalue weighted by Gasteiger charge is -2.06. The van der Waals surface area contributed by atoms with Crippen molar-refractivity contribution >= 4 is 28.9 Å². The van der Waals surface area contributed by atoms with Gasteiger partial charge in [0.15, 0.2) is 0 Å². The maximum absolute atomic E-state index is 11.7. The Morgan fingerprint density at radius 1 is 1.30 bits per heavy atom. The van der Waals surface area contributed by atoms with Crippen LogP contribution in [-0.4, -0.2) is 17.4 Å². The summed E-state index contributed by atoms with van der Waals surface area (Å²) in [6, 6.07) is 4.16. The minimum atomic E-state index is -0.567. The molecule has 1 rings (SSSR count). The molecule has 0 atom stereocenters. The number of carbonyl (C=O) groups excluding carboxylic acids is 1. The summed E-state index contributed by atoms with van der Waals surface area (Å²) in [7, 11) is 0. The Morgan fingerprint density at radius 2 is 2.00 bits per heavy atom. The molecule has 6 nitrogen and oxygen atoms in total. The quantitative estimate of drug-likeness (QED) is 0.438. The van der Waals surface area contributed by atoms with Gasteiger partial charge in [0.25, 0.3) is 5.69 Å². The molecule has 0 aliphatic heterocycles. The Balaban J connectivity index is 2.51. The second-order valence-corrected chi connectivity index (χ2v) is 4.86. The number of nitrogens with zero attached hydrogens (tertiary/aromatic N) is 1. The van der Waals surface area contributed by atoms with E-state index >= 15 is 0 Å². The molecule has 0 spiro atoms. The highest BCUT2D eigenvalue weighted by molar-refractivity contribution is 6.31. The summed E-state index contributed by atoms with van der Waals surface area (Å²) in [6.45, 7) is 0.656. The van der Waals surface area contributed by atoms with Crippen LogP contribution in [-0.2, 0) is 4.79 Å². The van der Waals surface area contributed by atoms with Gasteiger partial charge in [-0.1, -0.05) is 24.4 Å². The average Bonchev–Trinajstić information content (AvgIpc) is 2.40. The summed E-state index contributed by atoms with van der Waals surface area (Å²) < 4.78 is 0. The zero-order valence-electron chi connectivity index (χ0n) is 11.1. The molecule has 1 aromatic rings. The maximum Gasteiger partial charge on any atom is 0.294 e. The SMILES string of the molecule is NCCCCCCC(=O)Nc1ccc(Cl)cc1[N+](=O)[O-]. The van der Waals surface area contributed by atoms with Crippen molar-refractivity contribution in [1.82, 2.24) is 0 Å². The molecule has 1 aromatic carbocycles. The lowest BCUT2D eigenvalue weighted by Crippen LogP contribution is -2.12. The first-order valence-electron chi connectivity index (χ1n) is 6.48. The molecule has 110 valence electrons. The molecular weight excluding hydrogens is 282 g/mol. The van der Waals surface area contributed by atoms with E-state index in [1.165, 1.54) is 18.2 Å². The number of nitrogens with one attached hydrogen (secondary N) is 1. The van der Waals surface area contributed by atoms with Gasteiger partial charge in [0, 0.05) is 17.5 Å². The van der Waals surface area contributed by atoms with Crippen molar-refractivity contribution < 1.29 is 9.72 Å². The first-order valence-corrected chi connectivity index (χ1v) is 6.86. The van der Waals surface area contributed by atoms with Crippen molar-refractivity contribution in [2.24, 2.45) is 5.73 Å². The van der Waals surface area contributed by atoms with Gasteiger partial charge in [-0.25, -0.2) is 0 Å². The highest BCUT2D eigenvalue weighted by Gasteiger charge is 2.16. The number of nitrogens with two attached hydrogens (primary N) is 1. The third kappa shape index (κ3) is 5.54. The van der Waals surface area contributed by atoms with Crippen LogP contribution >= 0.6 is 11.6 Å². The molecule has 0 aliphatic rings. The molecule has 0 saturated heterocycles. The lowest BCUT2D eigenvalue weighted by molar-refractivity contribution is -0.383. The maximum atomic E-state index is 11.7. The Hall–Kier alpha value is -1.66. The molecule has 0 aliphatic carbocycles. The van der Waals surface area contributed by atoms with Gasteiger partial charge in [0.2, 0.25) is 5.91 Å². The number of hydrogen-bond donors (Lipinski definition) is 2. The summed E-state index contributed by atoms with van der Waals surface area (Å²) in [5.41, 5.74) is 5.35. The average molecular weight is 300 g/mol. The number of amides is 1. The predicted octanol–water partition coefficient (Wildman–Crippen LogP) is 3.10. The minimum absolute atomic E-state index is 0.173. The first kappa shape index (κ1) is 16.4. The van der Waals surface area contributed by atoms with Crippen LogP contribution in [0.4, 0.5) is 11.4 Å². The van der Waals surface area contributed by atoms with Crippen molar-refractivity contribution in [3.63, 3.8) is 0 Å². The van der Waals surface area contributed by atoms with E-state index in [2.05, 4.69) is 5.32 Å². The monoisotopic (exact) mass is 299 g/mol. The van der Waals surface area contributed by atoms with Gasteiger partial charge >= 0.3 is 0 Å².